The summed E-state index contributed by atoms with van der Waals surface area (Å²) in [6.07, 6.45) is 2.29. The molecule has 118 valence electrons. The van der Waals surface area contributed by atoms with Gasteiger partial charge in [0.2, 0.25) is 0 Å². The van der Waals surface area contributed by atoms with Crippen LogP contribution in [0.3, 0.4) is 0 Å². The van der Waals surface area contributed by atoms with Gasteiger partial charge in [-0.2, -0.15) is 0 Å². The van der Waals surface area contributed by atoms with Gasteiger partial charge in [-0.3, -0.25) is 0 Å². The quantitative estimate of drug-likeness (QED) is 0.722. The molecular weight excluding hydrogens is 290 g/mol. The largest absolute Gasteiger partial charge is 0.491 e. The topological polar surface area (TPSA) is 61.7 Å². The van der Waals surface area contributed by atoms with Crippen molar-refractivity contribution in [1.82, 2.24) is 5.32 Å². The van der Waals surface area contributed by atoms with Crippen LogP contribution in [0.4, 0.5) is 0 Å². The number of nitrogens with one attached hydrogen (secondary N) is 1. The molecule has 5 heteroatoms. The van der Waals surface area contributed by atoms with Crippen LogP contribution in [0.5, 0.6) is 5.75 Å². The molecule has 0 aliphatic heterocycles. The fourth-order valence-corrected chi connectivity index (χ4v) is 2.77. The number of hydrogen-bond acceptors (Lipinski definition) is 4. The van der Waals surface area contributed by atoms with E-state index in [4.69, 9.17) is 16.3 Å². The minimum atomic E-state index is -0.570. The van der Waals surface area contributed by atoms with E-state index in [1.54, 1.807) is 12.1 Å². The van der Waals surface area contributed by atoms with Gasteiger partial charge < -0.3 is 20.3 Å². The lowest BCUT2D eigenvalue weighted by atomic mass is 10.1. The molecule has 1 aromatic rings. The van der Waals surface area contributed by atoms with Crippen LogP contribution in [-0.2, 0) is 0 Å². The van der Waals surface area contributed by atoms with Crippen LogP contribution < -0.4 is 10.1 Å². The van der Waals surface area contributed by atoms with E-state index in [2.05, 4.69) is 5.32 Å². The molecule has 0 heterocycles. The van der Waals surface area contributed by atoms with Crippen LogP contribution >= 0.6 is 11.6 Å². The number of halogens is 1. The minimum absolute atomic E-state index is 0.192. The Morgan fingerprint density at radius 1 is 1.43 bits per heavy atom. The van der Waals surface area contributed by atoms with E-state index in [-0.39, 0.29) is 12.7 Å². The summed E-state index contributed by atoms with van der Waals surface area (Å²) < 4.78 is 5.55. The summed E-state index contributed by atoms with van der Waals surface area (Å²) in [6.45, 7) is 3.37. The van der Waals surface area contributed by atoms with Crippen molar-refractivity contribution in [2.24, 2.45) is 5.92 Å². The number of rotatable bonds is 7. The highest BCUT2D eigenvalue weighted by Crippen LogP contribution is 2.24. The van der Waals surface area contributed by atoms with Crippen LogP contribution in [-0.4, -0.2) is 42.1 Å². The Bertz CT molecular complexity index is 455. The molecule has 1 saturated carbocycles. The lowest BCUT2D eigenvalue weighted by Gasteiger charge is -2.17. The van der Waals surface area contributed by atoms with Crippen molar-refractivity contribution >= 4 is 11.6 Å². The van der Waals surface area contributed by atoms with Gasteiger partial charge >= 0.3 is 0 Å². The number of aliphatic hydroxyl groups is 2. The molecule has 0 amide bonds. The SMILES string of the molecule is Cc1cc(OCC(O)CNCC2CCCC2O)ccc1Cl. The summed E-state index contributed by atoms with van der Waals surface area (Å²) in [6, 6.07) is 5.44. The number of aryl methyl sites for hydroxylation is 1. The average molecular weight is 314 g/mol. The molecule has 0 radical (unpaired) electrons. The molecule has 0 aromatic heterocycles. The van der Waals surface area contributed by atoms with Crippen LogP contribution in [0.1, 0.15) is 24.8 Å². The fraction of sp³-hybridized carbons (Fsp3) is 0.625. The van der Waals surface area contributed by atoms with Crippen molar-refractivity contribution in [3.63, 3.8) is 0 Å². The zero-order chi connectivity index (χ0) is 15.2. The molecule has 1 fully saturated rings. The van der Waals surface area contributed by atoms with Gasteiger partial charge in [0.25, 0.3) is 0 Å². The molecule has 1 aromatic carbocycles. The summed E-state index contributed by atoms with van der Waals surface area (Å²) in [5, 5.41) is 23.5. The number of aliphatic hydroxyl groups excluding tert-OH is 2. The summed E-state index contributed by atoms with van der Waals surface area (Å²) in [7, 11) is 0. The second-order valence-corrected chi connectivity index (χ2v) is 6.20. The van der Waals surface area contributed by atoms with Gasteiger partial charge in [0, 0.05) is 18.1 Å². The fourth-order valence-electron chi connectivity index (χ4n) is 2.65. The second-order valence-electron chi connectivity index (χ2n) is 5.79. The molecule has 1 aliphatic rings. The summed E-state index contributed by atoms with van der Waals surface area (Å²) in [4.78, 5) is 0. The van der Waals surface area contributed by atoms with Gasteiger partial charge in [-0.05, 0) is 49.4 Å². The highest BCUT2D eigenvalue weighted by molar-refractivity contribution is 6.31. The van der Waals surface area contributed by atoms with Gasteiger partial charge in [-0.25, -0.2) is 0 Å². The molecule has 0 saturated heterocycles. The molecule has 21 heavy (non-hydrogen) atoms. The molecule has 0 bridgehead atoms. The first-order valence-electron chi connectivity index (χ1n) is 7.52. The monoisotopic (exact) mass is 313 g/mol. The summed E-state index contributed by atoms with van der Waals surface area (Å²) in [5.74, 6) is 1.03. The maximum atomic E-state index is 9.90. The van der Waals surface area contributed by atoms with E-state index in [0.29, 0.717) is 23.2 Å². The number of ether oxygens (including phenoxy) is 1. The van der Waals surface area contributed by atoms with Gasteiger partial charge in [0.15, 0.2) is 0 Å². The first kappa shape index (κ1) is 16.6. The Hall–Kier alpha value is -0.810. The Labute approximate surface area is 131 Å². The normalized spacial score (nSPS) is 23.2. The number of benzene rings is 1. The lowest BCUT2D eigenvalue weighted by molar-refractivity contribution is 0.0981. The van der Waals surface area contributed by atoms with Crippen LogP contribution in [0.25, 0.3) is 0 Å². The third kappa shape index (κ3) is 5.15. The molecule has 3 N–H and O–H groups in total. The highest BCUT2D eigenvalue weighted by atomic mass is 35.5. The minimum Gasteiger partial charge on any atom is -0.491 e. The van der Waals surface area contributed by atoms with Crippen molar-refractivity contribution < 1.29 is 14.9 Å². The van der Waals surface area contributed by atoms with Gasteiger partial charge in [0.05, 0.1) is 6.10 Å². The highest BCUT2D eigenvalue weighted by Gasteiger charge is 2.24. The zero-order valence-electron chi connectivity index (χ0n) is 12.4. The molecule has 3 unspecified atom stereocenters. The second kappa shape index (κ2) is 7.99. The van der Waals surface area contributed by atoms with E-state index in [0.717, 1.165) is 31.4 Å². The average Bonchev–Trinajstić information content (AvgIpc) is 2.86. The Morgan fingerprint density at radius 2 is 2.24 bits per heavy atom. The standard InChI is InChI=1S/C16H24ClNO3/c1-11-7-14(5-6-15(11)17)21-10-13(19)9-18-8-12-3-2-4-16(12)20/h5-7,12-13,16,18-20H,2-4,8-10H2,1H3. The summed E-state index contributed by atoms with van der Waals surface area (Å²) >= 11 is 5.95. The van der Waals surface area contributed by atoms with Crippen molar-refractivity contribution in [2.75, 3.05) is 19.7 Å². The van der Waals surface area contributed by atoms with Crippen molar-refractivity contribution in [2.45, 2.75) is 38.4 Å². The number of hydrogen-bond donors (Lipinski definition) is 3. The van der Waals surface area contributed by atoms with Gasteiger partial charge in [-0.15, -0.1) is 0 Å². The molecule has 3 atom stereocenters. The predicted octanol–water partition coefficient (Wildman–Crippen LogP) is 2.14. The van der Waals surface area contributed by atoms with Gasteiger partial charge in [0.1, 0.15) is 18.5 Å². The maximum Gasteiger partial charge on any atom is 0.119 e. The smallest absolute Gasteiger partial charge is 0.119 e. The first-order chi connectivity index (χ1) is 10.1. The van der Waals surface area contributed by atoms with Gasteiger partial charge in [-0.1, -0.05) is 18.0 Å². The Morgan fingerprint density at radius 3 is 2.90 bits per heavy atom. The molecule has 1 aliphatic carbocycles. The van der Waals surface area contributed by atoms with Crippen molar-refractivity contribution in [3.05, 3.63) is 28.8 Å². The van der Waals surface area contributed by atoms with Crippen LogP contribution in [0, 0.1) is 12.8 Å². The lowest BCUT2D eigenvalue weighted by Crippen LogP contribution is -2.36. The first-order valence-corrected chi connectivity index (χ1v) is 7.90. The van der Waals surface area contributed by atoms with Crippen LogP contribution in [0.2, 0.25) is 5.02 Å². The Balaban J connectivity index is 1.65. The molecular formula is C16H24ClNO3. The van der Waals surface area contributed by atoms with Crippen molar-refractivity contribution in [1.29, 1.82) is 0 Å². The molecule has 4 nitrogen and oxygen atoms in total. The third-order valence-electron chi connectivity index (χ3n) is 3.98. The van der Waals surface area contributed by atoms with E-state index >= 15 is 0 Å². The van der Waals surface area contributed by atoms with E-state index in [1.807, 2.05) is 13.0 Å². The van der Waals surface area contributed by atoms with Crippen molar-refractivity contribution in [3.8, 4) is 5.75 Å². The van der Waals surface area contributed by atoms with E-state index in [9.17, 15) is 10.2 Å². The predicted molar refractivity (Wildman–Crippen MR) is 83.9 cm³/mol. The Kier molecular flexibility index (Phi) is 6.30. The zero-order valence-corrected chi connectivity index (χ0v) is 13.1. The molecule has 2 rings (SSSR count). The maximum absolute atomic E-state index is 9.90. The van der Waals surface area contributed by atoms with E-state index in [1.165, 1.54) is 0 Å². The summed E-state index contributed by atoms with van der Waals surface area (Å²) in [5.41, 5.74) is 0.956. The van der Waals surface area contributed by atoms with Crippen LogP contribution in [0.15, 0.2) is 18.2 Å². The third-order valence-corrected chi connectivity index (χ3v) is 4.40. The van der Waals surface area contributed by atoms with E-state index < -0.39 is 6.10 Å². The molecule has 0 spiro atoms.